The first-order valence-electron chi connectivity index (χ1n) is 13.7. The van der Waals surface area contributed by atoms with Crippen LogP contribution in [0.5, 0.6) is 0 Å². The number of nitrogen functional groups attached to an aromatic ring is 1. The van der Waals surface area contributed by atoms with Gasteiger partial charge in [-0.2, -0.15) is 0 Å². The average Bonchev–Trinajstić information content (AvgIpc) is 3.32. The van der Waals surface area contributed by atoms with Crippen LogP contribution in [0.1, 0.15) is 36.9 Å². The maximum Gasteiger partial charge on any atom is 0.165 e. The van der Waals surface area contributed by atoms with Crippen molar-refractivity contribution < 1.29 is 0 Å². The van der Waals surface area contributed by atoms with E-state index in [9.17, 15) is 0 Å². The van der Waals surface area contributed by atoms with Gasteiger partial charge in [-0.05, 0) is 91.7 Å². The number of hydrogen-bond donors (Lipinski definition) is 2. The Kier molecular flexibility index (Phi) is 5.82. The Morgan fingerprint density at radius 3 is 2.50 bits per heavy atom. The Labute approximate surface area is 223 Å². The van der Waals surface area contributed by atoms with Crippen LogP contribution in [-0.2, 0) is 6.54 Å². The van der Waals surface area contributed by atoms with Crippen molar-refractivity contribution >= 4 is 22.6 Å². The van der Waals surface area contributed by atoms with Gasteiger partial charge in [0.2, 0.25) is 0 Å². The van der Waals surface area contributed by atoms with Crippen molar-refractivity contribution in [1.29, 1.82) is 0 Å². The average molecular weight is 504 g/mol. The minimum Gasteiger partial charge on any atom is -0.383 e. The number of allylic oxidation sites excluding steroid dienone is 4. The molecule has 0 amide bonds. The summed E-state index contributed by atoms with van der Waals surface area (Å²) >= 11 is 0. The molecule has 3 N–H and O–H groups in total. The first kappa shape index (κ1) is 23.3. The fourth-order valence-electron chi connectivity index (χ4n) is 5.98. The zero-order chi connectivity index (χ0) is 25.5. The van der Waals surface area contributed by atoms with Gasteiger partial charge in [-0.15, -0.1) is 0 Å². The number of aromatic nitrogens is 4. The van der Waals surface area contributed by atoms with E-state index < -0.39 is 0 Å². The largest absolute Gasteiger partial charge is 0.383 e. The lowest BCUT2D eigenvalue weighted by molar-refractivity contribution is 0.0520. The van der Waals surface area contributed by atoms with Gasteiger partial charge in [0.15, 0.2) is 11.5 Å². The van der Waals surface area contributed by atoms with Gasteiger partial charge < -0.3 is 11.1 Å². The summed E-state index contributed by atoms with van der Waals surface area (Å²) in [4.78, 5) is 17.0. The number of nitrogens with two attached hydrogens (primary N) is 1. The Bertz CT molecular complexity index is 1530. The topological polar surface area (TPSA) is 84.9 Å². The summed E-state index contributed by atoms with van der Waals surface area (Å²) in [7, 11) is 0. The number of fused-ring (bicyclic) bond motifs is 1. The predicted octanol–water partition coefficient (Wildman–Crippen LogP) is 4.98. The molecule has 38 heavy (non-hydrogen) atoms. The second-order valence-corrected chi connectivity index (χ2v) is 10.9. The number of pyridine rings is 2. The molecule has 0 saturated carbocycles. The Hall–Kier alpha value is -3.81. The Balaban J connectivity index is 1.24. The highest BCUT2D eigenvalue weighted by Crippen LogP contribution is 2.36. The molecular formula is C31H33N7. The summed E-state index contributed by atoms with van der Waals surface area (Å²) in [5.74, 6) is 1.22. The SMILES string of the molecule is Nc1ncccc1-c1nc2ccc(C3=CCCC=C3)nc2n1-c1ccc(CN2CCC3(CC2)CNC3)cc1. The summed E-state index contributed by atoms with van der Waals surface area (Å²) in [6.45, 7) is 5.73. The van der Waals surface area contributed by atoms with E-state index in [-0.39, 0.29) is 0 Å². The molecule has 192 valence electrons. The molecule has 2 saturated heterocycles. The van der Waals surface area contributed by atoms with E-state index in [1.165, 1.54) is 44.6 Å². The Morgan fingerprint density at radius 1 is 0.947 bits per heavy atom. The second-order valence-electron chi connectivity index (χ2n) is 10.9. The predicted molar refractivity (Wildman–Crippen MR) is 153 cm³/mol. The van der Waals surface area contributed by atoms with Gasteiger partial charge in [-0.1, -0.05) is 30.4 Å². The van der Waals surface area contributed by atoms with E-state index in [0.29, 0.717) is 11.2 Å². The van der Waals surface area contributed by atoms with Crippen LogP contribution in [0.3, 0.4) is 0 Å². The third-order valence-corrected chi connectivity index (χ3v) is 8.39. The van der Waals surface area contributed by atoms with E-state index in [1.807, 2.05) is 12.1 Å². The maximum absolute atomic E-state index is 6.32. The minimum atomic E-state index is 0.461. The number of benzene rings is 1. The van der Waals surface area contributed by atoms with Gasteiger partial charge in [-0.25, -0.2) is 15.0 Å². The smallest absolute Gasteiger partial charge is 0.165 e. The lowest BCUT2D eigenvalue weighted by Gasteiger charge is -2.48. The summed E-state index contributed by atoms with van der Waals surface area (Å²) in [6.07, 6.45) is 13.1. The van der Waals surface area contributed by atoms with Gasteiger partial charge in [0.25, 0.3) is 0 Å². The summed E-state index contributed by atoms with van der Waals surface area (Å²) in [5.41, 5.74) is 13.8. The molecule has 7 rings (SSSR count). The Morgan fingerprint density at radius 2 is 1.79 bits per heavy atom. The molecule has 3 aromatic heterocycles. The number of piperidine rings is 1. The van der Waals surface area contributed by atoms with Crippen LogP contribution in [0.25, 0.3) is 33.8 Å². The van der Waals surface area contributed by atoms with Crippen LogP contribution in [0.4, 0.5) is 5.82 Å². The van der Waals surface area contributed by atoms with Crippen LogP contribution >= 0.6 is 0 Å². The van der Waals surface area contributed by atoms with Gasteiger partial charge in [-0.3, -0.25) is 9.47 Å². The molecule has 2 aliphatic heterocycles. The number of anilines is 1. The molecule has 3 aliphatic rings. The van der Waals surface area contributed by atoms with Gasteiger partial charge in [0, 0.05) is 31.5 Å². The number of nitrogens with zero attached hydrogens (tertiary/aromatic N) is 5. The van der Waals surface area contributed by atoms with Crippen LogP contribution in [0.2, 0.25) is 0 Å². The van der Waals surface area contributed by atoms with Crippen LogP contribution in [0, 0.1) is 5.41 Å². The fourth-order valence-corrected chi connectivity index (χ4v) is 5.98. The van der Waals surface area contributed by atoms with Gasteiger partial charge >= 0.3 is 0 Å². The van der Waals surface area contributed by atoms with Crippen molar-refractivity contribution in [3.05, 3.63) is 84.2 Å². The van der Waals surface area contributed by atoms with E-state index in [1.54, 1.807) is 6.20 Å². The number of imidazole rings is 1. The van der Waals surface area contributed by atoms with Crippen molar-refractivity contribution in [2.24, 2.45) is 5.41 Å². The zero-order valence-corrected chi connectivity index (χ0v) is 21.6. The van der Waals surface area contributed by atoms with Crippen molar-refractivity contribution in [3.8, 4) is 17.1 Å². The van der Waals surface area contributed by atoms with E-state index in [0.717, 1.165) is 58.9 Å². The third kappa shape index (κ3) is 4.22. The van der Waals surface area contributed by atoms with Crippen LogP contribution < -0.4 is 11.1 Å². The molecule has 2 fully saturated rings. The van der Waals surface area contributed by atoms with Crippen LogP contribution in [-0.4, -0.2) is 50.6 Å². The number of hydrogen-bond acceptors (Lipinski definition) is 6. The van der Waals surface area contributed by atoms with E-state index >= 15 is 0 Å². The summed E-state index contributed by atoms with van der Waals surface area (Å²) in [6, 6.07) is 16.8. The summed E-state index contributed by atoms with van der Waals surface area (Å²) in [5, 5.41) is 3.46. The highest BCUT2D eigenvalue weighted by Gasteiger charge is 2.39. The number of likely N-dealkylation sites (tertiary alicyclic amines) is 1. The highest BCUT2D eigenvalue weighted by molar-refractivity contribution is 5.85. The van der Waals surface area contributed by atoms with Crippen molar-refractivity contribution in [2.45, 2.75) is 32.2 Å². The quantitative estimate of drug-likeness (QED) is 0.399. The van der Waals surface area contributed by atoms with Gasteiger partial charge in [0.1, 0.15) is 11.3 Å². The van der Waals surface area contributed by atoms with E-state index in [4.69, 9.17) is 15.7 Å². The minimum absolute atomic E-state index is 0.461. The molecule has 0 unspecified atom stereocenters. The van der Waals surface area contributed by atoms with Crippen molar-refractivity contribution in [2.75, 3.05) is 31.9 Å². The normalized spacial score (nSPS) is 19.0. The number of nitrogens with one attached hydrogen (secondary N) is 1. The molecule has 0 radical (unpaired) electrons. The van der Waals surface area contributed by atoms with E-state index in [2.05, 4.69) is 74.4 Å². The molecule has 4 aromatic rings. The van der Waals surface area contributed by atoms with Gasteiger partial charge in [0.05, 0.1) is 11.3 Å². The standard InChI is InChI=1S/C31H33N7/c32-28-25(7-4-16-34-28)29-36-27-13-12-26(23-5-2-1-3-6-23)35-30(27)38(29)24-10-8-22(9-11-24)19-37-17-14-31(15-18-37)20-33-21-31/h2,4-13,16,33H,1,3,14-15,17-21H2,(H2,32,34). The fraction of sp³-hybridized carbons (Fsp3) is 0.323. The molecule has 0 bridgehead atoms. The van der Waals surface area contributed by atoms with Crippen LogP contribution in [0.15, 0.2) is 73.0 Å². The lowest BCUT2D eigenvalue weighted by Crippen LogP contribution is -2.58. The first-order chi connectivity index (χ1) is 18.7. The molecule has 1 spiro atoms. The lowest BCUT2D eigenvalue weighted by atomic mass is 9.73. The molecular weight excluding hydrogens is 470 g/mol. The summed E-state index contributed by atoms with van der Waals surface area (Å²) < 4.78 is 2.12. The molecule has 5 heterocycles. The molecule has 7 nitrogen and oxygen atoms in total. The molecule has 7 heteroatoms. The van der Waals surface area contributed by atoms with Crippen molar-refractivity contribution in [3.63, 3.8) is 0 Å². The number of rotatable bonds is 5. The first-order valence-corrected chi connectivity index (χ1v) is 13.7. The molecule has 0 atom stereocenters. The maximum atomic E-state index is 6.32. The highest BCUT2D eigenvalue weighted by atomic mass is 15.2. The van der Waals surface area contributed by atoms with Crippen molar-refractivity contribution in [1.82, 2.24) is 29.7 Å². The monoisotopic (exact) mass is 503 g/mol. The molecule has 1 aromatic carbocycles. The second kappa shape index (κ2) is 9.49. The zero-order valence-electron chi connectivity index (χ0n) is 21.6. The third-order valence-electron chi connectivity index (χ3n) is 8.39. The molecule has 1 aliphatic carbocycles.